The second-order valence-corrected chi connectivity index (χ2v) is 9.01. The molecule has 0 bridgehead atoms. The van der Waals surface area contributed by atoms with Gasteiger partial charge in [-0.15, -0.1) is 11.3 Å². The van der Waals surface area contributed by atoms with E-state index in [9.17, 15) is 4.79 Å². The molecule has 0 aliphatic carbocycles. The fourth-order valence-electron chi connectivity index (χ4n) is 2.50. The monoisotopic (exact) mass is 440 g/mol. The molecule has 1 heterocycles. The Bertz CT molecular complexity index is 951. The average Bonchev–Trinajstić information content (AvgIpc) is 3.09. The number of halogens is 1. The van der Waals surface area contributed by atoms with Crippen LogP contribution in [0.2, 0.25) is 0 Å². The van der Waals surface area contributed by atoms with Gasteiger partial charge in [0.2, 0.25) is 5.91 Å². The van der Waals surface area contributed by atoms with Crippen molar-refractivity contribution in [2.75, 3.05) is 5.32 Å². The smallest absolute Gasteiger partial charge is 0.250 e. The summed E-state index contributed by atoms with van der Waals surface area (Å²) in [4.78, 5) is 16.6. The van der Waals surface area contributed by atoms with E-state index in [1.807, 2.05) is 29.6 Å². The third-order valence-corrected chi connectivity index (χ3v) is 5.36. The Hall–Kier alpha value is -2.24. The fraction of sp³-hybridized carbons (Fsp3) is 0.182. The molecule has 1 N–H and O–H groups in total. The van der Waals surface area contributed by atoms with Crippen LogP contribution in [0.1, 0.15) is 31.9 Å². The van der Waals surface area contributed by atoms with E-state index in [4.69, 9.17) is 0 Å². The molecule has 0 aliphatic rings. The first-order valence-electron chi connectivity index (χ1n) is 8.62. The summed E-state index contributed by atoms with van der Waals surface area (Å²) in [7, 11) is 0. The highest BCUT2D eigenvalue weighted by atomic mass is 79.9. The minimum atomic E-state index is -0.193. The van der Waals surface area contributed by atoms with E-state index < -0.39 is 0 Å². The maximum atomic E-state index is 12.1. The van der Waals surface area contributed by atoms with E-state index in [0.717, 1.165) is 21.3 Å². The molecular weight excluding hydrogens is 420 g/mol. The first kappa shape index (κ1) is 19.5. The summed E-state index contributed by atoms with van der Waals surface area (Å²) < 4.78 is 1.01. The van der Waals surface area contributed by atoms with Crippen molar-refractivity contribution in [3.05, 3.63) is 75.6 Å². The zero-order chi connectivity index (χ0) is 19.4. The highest BCUT2D eigenvalue weighted by Gasteiger charge is 2.13. The summed E-state index contributed by atoms with van der Waals surface area (Å²) in [6.45, 7) is 6.58. The van der Waals surface area contributed by atoms with Gasteiger partial charge in [-0.3, -0.25) is 10.1 Å². The van der Waals surface area contributed by atoms with Crippen LogP contribution in [0.3, 0.4) is 0 Å². The molecule has 0 saturated heterocycles. The Morgan fingerprint density at radius 2 is 1.74 bits per heavy atom. The third kappa shape index (κ3) is 5.37. The molecule has 0 fully saturated rings. The molecule has 5 heteroatoms. The van der Waals surface area contributed by atoms with Crippen molar-refractivity contribution in [3.63, 3.8) is 0 Å². The van der Waals surface area contributed by atoms with Crippen LogP contribution in [0.25, 0.3) is 17.3 Å². The number of carbonyl (C=O) groups excluding carboxylic acids is 1. The Kier molecular flexibility index (Phi) is 5.92. The number of thiazole rings is 1. The van der Waals surface area contributed by atoms with E-state index in [2.05, 4.69) is 71.3 Å². The zero-order valence-electron chi connectivity index (χ0n) is 15.5. The van der Waals surface area contributed by atoms with Crippen molar-refractivity contribution in [2.24, 2.45) is 0 Å². The van der Waals surface area contributed by atoms with E-state index in [-0.39, 0.29) is 11.3 Å². The summed E-state index contributed by atoms with van der Waals surface area (Å²) in [5.41, 5.74) is 4.29. The van der Waals surface area contributed by atoms with E-state index in [0.29, 0.717) is 5.13 Å². The van der Waals surface area contributed by atoms with Gasteiger partial charge in [-0.1, -0.05) is 73.1 Å². The molecule has 3 rings (SSSR count). The predicted octanol–water partition coefficient (Wildman–Crippen LogP) is 6.52. The predicted molar refractivity (Wildman–Crippen MR) is 118 cm³/mol. The molecule has 0 atom stereocenters. The maximum Gasteiger partial charge on any atom is 0.250 e. The number of aromatic nitrogens is 1. The van der Waals surface area contributed by atoms with Crippen LogP contribution in [0.15, 0.2) is 64.5 Å². The molecule has 2 aromatic carbocycles. The van der Waals surface area contributed by atoms with Gasteiger partial charge < -0.3 is 0 Å². The van der Waals surface area contributed by atoms with Crippen molar-refractivity contribution < 1.29 is 4.79 Å². The lowest BCUT2D eigenvalue weighted by Gasteiger charge is -2.18. The van der Waals surface area contributed by atoms with Gasteiger partial charge in [-0.2, -0.15) is 0 Å². The van der Waals surface area contributed by atoms with Crippen LogP contribution >= 0.6 is 27.3 Å². The van der Waals surface area contributed by atoms with Crippen LogP contribution in [0.5, 0.6) is 0 Å². The molecule has 138 valence electrons. The Labute approximate surface area is 172 Å². The number of anilines is 1. The van der Waals surface area contributed by atoms with Crippen molar-refractivity contribution in [2.45, 2.75) is 26.2 Å². The number of carbonyl (C=O) groups is 1. The van der Waals surface area contributed by atoms with Gasteiger partial charge in [-0.05, 0) is 34.8 Å². The molecule has 0 aliphatic heterocycles. The molecule has 1 aromatic heterocycles. The van der Waals surface area contributed by atoms with Crippen molar-refractivity contribution in [1.82, 2.24) is 4.98 Å². The molecular formula is C22H21BrN2OS. The standard InChI is InChI=1S/C22H21BrN2OS/c1-22(2,3)17-9-7-16(8-10-17)19-14-27-21(24-19)25-20(26)13-6-15-4-11-18(23)12-5-15/h4-14H,1-3H3,(H,24,25,26)/b13-6+. The summed E-state index contributed by atoms with van der Waals surface area (Å²) >= 11 is 4.82. The SMILES string of the molecule is CC(C)(C)c1ccc(-c2csc(NC(=O)/C=C/c3ccc(Br)cc3)n2)cc1. The van der Waals surface area contributed by atoms with Crippen molar-refractivity contribution in [3.8, 4) is 11.3 Å². The summed E-state index contributed by atoms with van der Waals surface area (Å²) in [5, 5.41) is 5.37. The summed E-state index contributed by atoms with van der Waals surface area (Å²) in [6.07, 6.45) is 3.30. The molecule has 27 heavy (non-hydrogen) atoms. The van der Waals surface area contributed by atoms with Gasteiger partial charge in [0.1, 0.15) is 0 Å². The molecule has 0 spiro atoms. The van der Waals surface area contributed by atoms with Crippen molar-refractivity contribution in [1.29, 1.82) is 0 Å². The van der Waals surface area contributed by atoms with Crippen LogP contribution in [-0.4, -0.2) is 10.9 Å². The maximum absolute atomic E-state index is 12.1. The number of benzene rings is 2. The number of nitrogens with zero attached hydrogens (tertiary/aromatic N) is 1. The largest absolute Gasteiger partial charge is 0.298 e. The quantitative estimate of drug-likeness (QED) is 0.468. The lowest BCUT2D eigenvalue weighted by Crippen LogP contribution is -2.10. The van der Waals surface area contributed by atoms with E-state index >= 15 is 0 Å². The topological polar surface area (TPSA) is 42.0 Å². The first-order chi connectivity index (χ1) is 12.8. The first-order valence-corrected chi connectivity index (χ1v) is 10.3. The molecule has 0 unspecified atom stereocenters. The van der Waals surface area contributed by atoms with Crippen LogP contribution in [0.4, 0.5) is 5.13 Å². The lowest BCUT2D eigenvalue weighted by atomic mass is 9.86. The number of hydrogen-bond acceptors (Lipinski definition) is 3. The Balaban J connectivity index is 1.65. The van der Waals surface area contributed by atoms with Crippen LogP contribution in [0, 0.1) is 0 Å². The normalized spacial score (nSPS) is 11.7. The Morgan fingerprint density at radius 3 is 2.37 bits per heavy atom. The minimum absolute atomic E-state index is 0.126. The fourth-order valence-corrected chi connectivity index (χ4v) is 3.48. The van der Waals surface area contributed by atoms with Crippen LogP contribution < -0.4 is 5.32 Å². The number of amides is 1. The van der Waals surface area contributed by atoms with Crippen LogP contribution in [-0.2, 0) is 10.2 Å². The van der Waals surface area contributed by atoms with Gasteiger partial charge in [0.15, 0.2) is 5.13 Å². The highest BCUT2D eigenvalue weighted by Crippen LogP contribution is 2.28. The van der Waals surface area contributed by atoms with E-state index in [1.54, 1.807) is 6.08 Å². The average molecular weight is 441 g/mol. The minimum Gasteiger partial charge on any atom is -0.298 e. The number of hydrogen-bond donors (Lipinski definition) is 1. The third-order valence-electron chi connectivity index (χ3n) is 4.08. The van der Waals surface area contributed by atoms with Gasteiger partial charge in [0, 0.05) is 21.5 Å². The number of rotatable bonds is 4. The van der Waals surface area contributed by atoms with Gasteiger partial charge in [-0.25, -0.2) is 4.98 Å². The molecule has 0 radical (unpaired) electrons. The van der Waals surface area contributed by atoms with Gasteiger partial charge >= 0.3 is 0 Å². The second kappa shape index (κ2) is 8.19. The highest BCUT2D eigenvalue weighted by molar-refractivity contribution is 9.10. The van der Waals surface area contributed by atoms with E-state index in [1.165, 1.54) is 23.0 Å². The number of nitrogens with one attached hydrogen (secondary N) is 1. The van der Waals surface area contributed by atoms with Gasteiger partial charge in [0.05, 0.1) is 5.69 Å². The summed E-state index contributed by atoms with van der Waals surface area (Å²) in [6, 6.07) is 16.2. The van der Waals surface area contributed by atoms with Crippen molar-refractivity contribution >= 4 is 44.4 Å². The zero-order valence-corrected chi connectivity index (χ0v) is 17.9. The lowest BCUT2D eigenvalue weighted by molar-refractivity contribution is -0.111. The molecule has 1 amide bonds. The molecule has 0 saturated carbocycles. The summed E-state index contributed by atoms with van der Waals surface area (Å²) in [5.74, 6) is -0.193. The molecule has 3 nitrogen and oxygen atoms in total. The molecule has 3 aromatic rings. The van der Waals surface area contributed by atoms with Gasteiger partial charge in [0.25, 0.3) is 0 Å². The second-order valence-electron chi connectivity index (χ2n) is 7.24. The Morgan fingerprint density at radius 1 is 1.07 bits per heavy atom.